The summed E-state index contributed by atoms with van der Waals surface area (Å²) < 4.78 is 39.7. The first-order valence-electron chi connectivity index (χ1n) is 9.76. The summed E-state index contributed by atoms with van der Waals surface area (Å²) in [5, 5.41) is 0.702. The maximum Gasteiger partial charge on any atom is 0.421 e. The van der Waals surface area contributed by atoms with Crippen molar-refractivity contribution in [3.8, 4) is 0 Å². The molecule has 2 aliphatic heterocycles. The van der Waals surface area contributed by atoms with Crippen molar-refractivity contribution in [2.45, 2.75) is 65.0 Å². The number of urea groups is 1. The molecule has 0 spiro atoms. The Kier molecular flexibility index (Phi) is 7.46. The predicted molar refractivity (Wildman–Crippen MR) is 100 cm³/mol. The van der Waals surface area contributed by atoms with Crippen molar-refractivity contribution in [2.75, 3.05) is 19.8 Å². The summed E-state index contributed by atoms with van der Waals surface area (Å²) in [5.41, 5.74) is 4.16. The Bertz CT molecular complexity index is 737. The zero-order valence-electron chi connectivity index (χ0n) is 17.0. The zero-order valence-corrected chi connectivity index (χ0v) is 17.8. The minimum atomic E-state index is -4.63. The van der Waals surface area contributed by atoms with Crippen LogP contribution < -0.4 is 5.73 Å². The number of primary amides is 1. The van der Waals surface area contributed by atoms with E-state index >= 15 is 0 Å². The molecule has 0 saturated carbocycles. The Morgan fingerprint density at radius 2 is 1.86 bits per heavy atom. The number of fused-ring (bicyclic) bond motifs is 2. The first-order chi connectivity index (χ1) is 13.6. The van der Waals surface area contributed by atoms with Crippen LogP contribution in [0.15, 0.2) is 0 Å². The first kappa shape index (κ1) is 23.4. The number of nitrogens with zero attached hydrogens (tertiary/aromatic N) is 2. The summed E-state index contributed by atoms with van der Waals surface area (Å²) in [6.07, 6.45) is 1.94. The van der Waals surface area contributed by atoms with E-state index in [-0.39, 0.29) is 13.2 Å². The van der Waals surface area contributed by atoms with Gasteiger partial charge in [0.05, 0.1) is 24.7 Å². The molecule has 2 bridgehead atoms. The lowest BCUT2D eigenvalue weighted by molar-refractivity contribution is -0.159. The van der Waals surface area contributed by atoms with Gasteiger partial charge in [-0.25, -0.2) is 8.98 Å². The highest BCUT2D eigenvalue weighted by Crippen LogP contribution is 2.32. The number of hydrogen-bond acceptors (Lipinski definition) is 8. The van der Waals surface area contributed by atoms with Crippen molar-refractivity contribution in [1.82, 2.24) is 9.96 Å². The van der Waals surface area contributed by atoms with E-state index in [9.17, 15) is 22.8 Å². The van der Waals surface area contributed by atoms with Gasteiger partial charge in [0.1, 0.15) is 6.04 Å². The molecule has 2 aliphatic rings. The summed E-state index contributed by atoms with van der Waals surface area (Å²) in [6, 6.07) is -2.09. The molecule has 0 aromatic heterocycles. The highest BCUT2D eigenvalue weighted by Gasteiger charge is 2.49. The molecule has 0 aromatic carbocycles. The molecular weight excluding hydrogens is 406 g/mol. The topological polar surface area (TPSA) is 146 Å². The van der Waals surface area contributed by atoms with E-state index in [0.29, 0.717) is 37.2 Å². The first-order valence-corrected chi connectivity index (χ1v) is 11.1. The number of rotatable bonds is 11. The SMILES string of the molecule is CCCOC(=O)C(CC)(CC)COS(=O)(=O)ON1C(=O)N2CC1CCC2C(N)=O. The van der Waals surface area contributed by atoms with E-state index in [0.717, 1.165) is 0 Å². The van der Waals surface area contributed by atoms with Crippen LogP contribution in [0.1, 0.15) is 52.9 Å². The van der Waals surface area contributed by atoms with Gasteiger partial charge in [-0.2, -0.15) is 13.5 Å². The Morgan fingerprint density at radius 1 is 1.21 bits per heavy atom. The summed E-state index contributed by atoms with van der Waals surface area (Å²) in [4.78, 5) is 37.5. The lowest BCUT2D eigenvalue weighted by Crippen LogP contribution is -2.47. The van der Waals surface area contributed by atoms with Gasteiger partial charge >= 0.3 is 22.4 Å². The number of carbonyl (C=O) groups excluding carboxylic acids is 3. The lowest BCUT2D eigenvalue weighted by Gasteiger charge is -2.29. The minimum absolute atomic E-state index is 0.138. The van der Waals surface area contributed by atoms with E-state index in [1.54, 1.807) is 13.8 Å². The molecule has 2 N–H and O–H groups in total. The fourth-order valence-corrected chi connectivity index (χ4v) is 4.28. The van der Waals surface area contributed by atoms with Crippen molar-refractivity contribution in [2.24, 2.45) is 11.1 Å². The average molecular weight is 435 g/mol. The van der Waals surface area contributed by atoms with Gasteiger partial charge in [-0.3, -0.25) is 9.59 Å². The van der Waals surface area contributed by atoms with Crippen molar-refractivity contribution in [1.29, 1.82) is 0 Å². The normalized spacial score (nSPS) is 22.1. The Balaban J connectivity index is 2.05. The van der Waals surface area contributed by atoms with Gasteiger partial charge in [0, 0.05) is 6.54 Å². The van der Waals surface area contributed by atoms with Crippen LogP contribution in [0, 0.1) is 5.41 Å². The van der Waals surface area contributed by atoms with Crippen LogP contribution in [0.5, 0.6) is 0 Å². The molecule has 12 heteroatoms. The molecule has 29 heavy (non-hydrogen) atoms. The van der Waals surface area contributed by atoms with Crippen molar-refractivity contribution >= 4 is 28.3 Å². The lowest BCUT2D eigenvalue weighted by atomic mass is 9.83. The molecular formula is C17H29N3O8S. The third-order valence-electron chi connectivity index (χ3n) is 5.53. The molecule has 11 nitrogen and oxygen atoms in total. The van der Waals surface area contributed by atoms with Gasteiger partial charge in [-0.05, 0) is 32.1 Å². The molecule has 3 amide bonds. The summed E-state index contributed by atoms with van der Waals surface area (Å²) in [5.74, 6) is -1.19. The average Bonchev–Trinajstić information content (AvgIpc) is 2.91. The van der Waals surface area contributed by atoms with Crippen LogP contribution in [-0.4, -0.2) is 68.1 Å². The number of carbonyl (C=O) groups is 3. The Morgan fingerprint density at radius 3 is 2.41 bits per heavy atom. The van der Waals surface area contributed by atoms with E-state index in [4.69, 9.17) is 18.9 Å². The largest absolute Gasteiger partial charge is 0.465 e. The molecule has 0 aromatic rings. The number of hydroxylamine groups is 2. The van der Waals surface area contributed by atoms with Crippen LogP contribution in [0.2, 0.25) is 0 Å². The van der Waals surface area contributed by atoms with Crippen LogP contribution in [0.3, 0.4) is 0 Å². The molecule has 2 rings (SSSR count). The van der Waals surface area contributed by atoms with Gasteiger partial charge in [0.25, 0.3) is 0 Å². The highest BCUT2D eigenvalue weighted by molar-refractivity contribution is 7.81. The molecule has 2 fully saturated rings. The molecule has 0 aliphatic carbocycles. The molecule has 2 atom stereocenters. The zero-order chi connectivity index (χ0) is 21.8. The number of piperidine rings is 1. The van der Waals surface area contributed by atoms with Crippen molar-refractivity contribution in [3.63, 3.8) is 0 Å². The molecule has 2 saturated heterocycles. The Labute approximate surface area is 170 Å². The van der Waals surface area contributed by atoms with Gasteiger partial charge in [-0.1, -0.05) is 20.8 Å². The quantitative estimate of drug-likeness (QED) is 0.467. The molecule has 2 unspecified atom stereocenters. The maximum absolute atomic E-state index is 12.4. The van der Waals surface area contributed by atoms with Gasteiger partial charge in [0.15, 0.2) is 0 Å². The summed E-state index contributed by atoms with van der Waals surface area (Å²) in [6.45, 7) is 5.22. The fraction of sp³-hybridized carbons (Fsp3) is 0.824. The third kappa shape index (κ3) is 4.98. The van der Waals surface area contributed by atoms with Gasteiger partial charge in [0.2, 0.25) is 5.91 Å². The number of amides is 3. The van der Waals surface area contributed by atoms with E-state index in [1.807, 2.05) is 6.92 Å². The van der Waals surface area contributed by atoms with Crippen LogP contribution >= 0.6 is 0 Å². The van der Waals surface area contributed by atoms with Crippen LogP contribution in [0.4, 0.5) is 4.79 Å². The van der Waals surface area contributed by atoms with Gasteiger partial charge < -0.3 is 15.4 Å². The summed E-state index contributed by atoms with van der Waals surface area (Å²) >= 11 is 0. The smallest absolute Gasteiger partial charge is 0.421 e. The van der Waals surface area contributed by atoms with Crippen LogP contribution in [0.25, 0.3) is 0 Å². The number of ether oxygens (including phenoxy) is 1. The second-order valence-corrected chi connectivity index (χ2v) is 8.48. The molecule has 2 heterocycles. The maximum atomic E-state index is 12.4. The van der Waals surface area contributed by atoms with Crippen molar-refractivity contribution < 1.29 is 36.0 Å². The van der Waals surface area contributed by atoms with E-state index < -0.39 is 52.4 Å². The highest BCUT2D eigenvalue weighted by atomic mass is 32.3. The molecule has 166 valence electrons. The number of hydrogen-bond donors (Lipinski definition) is 1. The monoisotopic (exact) mass is 435 g/mol. The minimum Gasteiger partial charge on any atom is -0.465 e. The van der Waals surface area contributed by atoms with Crippen LogP contribution in [-0.2, 0) is 33.2 Å². The number of nitrogens with two attached hydrogens (primary N) is 1. The number of esters is 1. The van der Waals surface area contributed by atoms with E-state index in [2.05, 4.69) is 0 Å². The Hall–Kier alpha value is -1.92. The standard InChI is InChI=1S/C17H29N3O8S/c1-4-9-26-15(22)17(5-2,6-3)11-27-29(24,25)28-20-12-7-8-13(14(18)21)19(10-12)16(20)23/h12-13H,4-11H2,1-3H3,(H2,18,21). The predicted octanol–water partition coefficient (Wildman–Crippen LogP) is 0.693. The van der Waals surface area contributed by atoms with E-state index in [1.165, 1.54) is 4.90 Å². The third-order valence-corrected chi connectivity index (χ3v) is 6.28. The summed E-state index contributed by atoms with van der Waals surface area (Å²) in [7, 11) is -4.63. The second-order valence-electron chi connectivity index (χ2n) is 7.28. The molecule has 0 radical (unpaired) electrons. The van der Waals surface area contributed by atoms with Gasteiger partial charge in [-0.15, -0.1) is 4.28 Å². The van der Waals surface area contributed by atoms with Crippen molar-refractivity contribution in [3.05, 3.63) is 0 Å². The fourth-order valence-electron chi connectivity index (χ4n) is 3.48. The second kappa shape index (κ2) is 9.26.